The fourth-order valence-corrected chi connectivity index (χ4v) is 2.56. The Balaban J connectivity index is 1.83. The van der Waals surface area contributed by atoms with Gasteiger partial charge in [0.05, 0.1) is 11.6 Å². The van der Waals surface area contributed by atoms with Crippen molar-refractivity contribution in [3.05, 3.63) is 77.3 Å². The monoisotopic (exact) mass is 323 g/mol. The number of hydrogen-bond donors (Lipinski definition) is 2. The molecule has 122 valence electrons. The van der Waals surface area contributed by atoms with Gasteiger partial charge in [0.15, 0.2) is 0 Å². The van der Waals surface area contributed by atoms with E-state index in [0.29, 0.717) is 11.3 Å². The van der Waals surface area contributed by atoms with E-state index in [2.05, 4.69) is 15.6 Å². The molecule has 1 atom stereocenters. The minimum atomic E-state index is -0.587. The van der Waals surface area contributed by atoms with E-state index < -0.39 is 12.0 Å². The van der Waals surface area contributed by atoms with E-state index in [-0.39, 0.29) is 12.6 Å². The largest absolute Gasteiger partial charge is 0.457 e. The summed E-state index contributed by atoms with van der Waals surface area (Å²) in [5.74, 6) is -0.474. The van der Waals surface area contributed by atoms with Crippen LogP contribution in [-0.2, 0) is 16.1 Å². The van der Waals surface area contributed by atoms with Crippen LogP contribution >= 0.6 is 0 Å². The molecule has 2 amide bonds. The number of aromatic nitrogens is 1. The van der Waals surface area contributed by atoms with Crippen LogP contribution in [0.2, 0.25) is 0 Å². The van der Waals surface area contributed by atoms with Gasteiger partial charge in [-0.15, -0.1) is 0 Å². The lowest BCUT2D eigenvalue weighted by Gasteiger charge is -2.27. The van der Waals surface area contributed by atoms with Crippen LogP contribution in [0.4, 0.5) is 4.79 Å². The first-order valence-corrected chi connectivity index (χ1v) is 7.54. The first-order chi connectivity index (χ1) is 11.6. The van der Waals surface area contributed by atoms with Gasteiger partial charge < -0.3 is 15.4 Å². The molecule has 0 saturated heterocycles. The average molecular weight is 323 g/mol. The molecule has 2 heterocycles. The number of amides is 2. The number of benzene rings is 1. The van der Waals surface area contributed by atoms with Gasteiger partial charge in [-0.2, -0.15) is 0 Å². The van der Waals surface area contributed by atoms with Crippen molar-refractivity contribution in [2.45, 2.75) is 19.6 Å². The lowest BCUT2D eigenvalue weighted by molar-refractivity contribution is -0.140. The Morgan fingerprint density at radius 1 is 1.21 bits per heavy atom. The van der Waals surface area contributed by atoms with Gasteiger partial charge in [0.1, 0.15) is 6.61 Å². The molecule has 3 rings (SSSR count). The summed E-state index contributed by atoms with van der Waals surface area (Å²) in [5, 5.41) is 5.36. The van der Waals surface area contributed by atoms with Crippen LogP contribution < -0.4 is 10.6 Å². The number of esters is 1. The molecule has 0 saturated carbocycles. The van der Waals surface area contributed by atoms with Crippen LogP contribution in [-0.4, -0.2) is 17.0 Å². The molecule has 6 nitrogen and oxygen atoms in total. The zero-order valence-corrected chi connectivity index (χ0v) is 13.2. The molecule has 0 bridgehead atoms. The number of nitrogens with one attached hydrogen (secondary N) is 2. The molecule has 6 heteroatoms. The van der Waals surface area contributed by atoms with Crippen molar-refractivity contribution < 1.29 is 14.3 Å². The van der Waals surface area contributed by atoms with Gasteiger partial charge in [-0.1, -0.05) is 36.4 Å². The third-order valence-corrected chi connectivity index (χ3v) is 3.72. The molecular weight excluding hydrogens is 306 g/mol. The predicted octanol–water partition coefficient (Wildman–Crippen LogP) is 2.45. The van der Waals surface area contributed by atoms with Gasteiger partial charge in [-0.05, 0) is 24.1 Å². The van der Waals surface area contributed by atoms with Crippen molar-refractivity contribution in [2.75, 3.05) is 0 Å². The number of carbonyl (C=O) groups excluding carboxylic acids is 2. The van der Waals surface area contributed by atoms with Gasteiger partial charge in [0.2, 0.25) is 0 Å². The number of carbonyl (C=O) groups is 2. The molecule has 1 aromatic carbocycles. The Kier molecular flexibility index (Phi) is 4.56. The van der Waals surface area contributed by atoms with Crippen molar-refractivity contribution in [1.29, 1.82) is 0 Å². The highest BCUT2D eigenvalue weighted by molar-refractivity contribution is 5.94. The smallest absolute Gasteiger partial charge is 0.338 e. The van der Waals surface area contributed by atoms with Crippen molar-refractivity contribution in [3.8, 4) is 0 Å². The maximum absolute atomic E-state index is 12.6. The lowest BCUT2D eigenvalue weighted by Crippen LogP contribution is -2.45. The highest BCUT2D eigenvalue weighted by atomic mass is 16.5. The van der Waals surface area contributed by atoms with Gasteiger partial charge in [-0.25, -0.2) is 9.59 Å². The zero-order chi connectivity index (χ0) is 16.9. The maximum Gasteiger partial charge on any atom is 0.338 e. The van der Waals surface area contributed by atoms with Crippen molar-refractivity contribution in [1.82, 2.24) is 15.6 Å². The van der Waals surface area contributed by atoms with E-state index in [1.165, 1.54) is 0 Å². The Bertz CT molecular complexity index is 773. The molecule has 0 spiro atoms. The number of hydrogen-bond acceptors (Lipinski definition) is 4. The first-order valence-electron chi connectivity index (χ1n) is 7.54. The first kappa shape index (κ1) is 15.7. The molecule has 0 aliphatic carbocycles. The SMILES string of the molecule is CC1=C(C(=O)OCc2ccccc2)[C@H](c2cccnc2)NC(=O)N1. The molecular formula is C18H17N3O3. The Hall–Kier alpha value is -3.15. The average Bonchev–Trinajstić information content (AvgIpc) is 2.60. The summed E-state index contributed by atoms with van der Waals surface area (Å²) in [4.78, 5) is 28.4. The summed E-state index contributed by atoms with van der Waals surface area (Å²) in [6.45, 7) is 1.85. The molecule has 0 fully saturated rings. The van der Waals surface area contributed by atoms with E-state index in [9.17, 15) is 9.59 Å². The highest BCUT2D eigenvalue weighted by Crippen LogP contribution is 2.27. The molecule has 0 unspecified atom stereocenters. The molecule has 1 aliphatic heterocycles. The predicted molar refractivity (Wildman–Crippen MR) is 87.6 cm³/mol. The van der Waals surface area contributed by atoms with E-state index in [0.717, 1.165) is 11.1 Å². The fourth-order valence-electron chi connectivity index (χ4n) is 2.56. The van der Waals surface area contributed by atoms with Crippen LogP contribution in [0.15, 0.2) is 66.1 Å². The molecule has 2 N–H and O–H groups in total. The van der Waals surface area contributed by atoms with Crippen molar-refractivity contribution >= 4 is 12.0 Å². The summed E-state index contributed by atoms with van der Waals surface area (Å²) in [6, 6.07) is 12.0. The molecule has 2 aromatic rings. The normalized spacial score (nSPS) is 17.0. The summed E-state index contributed by atoms with van der Waals surface area (Å²) >= 11 is 0. The molecule has 1 aliphatic rings. The zero-order valence-electron chi connectivity index (χ0n) is 13.2. The summed E-state index contributed by atoms with van der Waals surface area (Å²) in [7, 11) is 0. The summed E-state index contributed by atoms with van der Waals surface area (Å²) in [5.41, 5.74) is 2.47. The van der Waals surface area contributed by atoms with Crippen molar-refractivity contribution in [2.24, 2.45) is 0 Å². The van der Waals surface area contributed by atoms with Crippen LogP contribution in [0.3, 0.4) is 0 Å². The Morgan fingerprint density at radius 3 is 2.71 bits per heavy atom. The van der Waals surface area contributed by atoms with E-state index in [1.807, 2.05) is 30.3 Å². The highest BCUT2D eigenvalue weighted by Gasteiger charge is 2.32. The number of pyridine rings is 1. The van der Waals surface area contributed by atoms with E-state index in [4.69, 9.17) is 4.74 Å². The second kappa shape index (κ2) is 6.95. The van der Waals surface area contributed by atoms with Crippen LogP contribution in [0, 0.1) is 0 Å². The van der Waals surface area contributed by atoms with Gasteiger partial charge in [0, 0.05) is 18.1 Å². The van der Waals surface area contributed by atoms with E-state index in [1.54, 1.807) is 31.5 Å². The molecule has 0 radical (unpaired) electrons. The third-order valence-electron chi connectivity index (χ3n) is 3.72. The summed E-state index contributed by atoms with van der Waals surface area (Å²) < 4.78 is 5.42. The standard InChI is InChI=1S/C18H17N3O3/c1-12-15(17(22)24-11-13-6-3-2-4-7-13)16(21-18(23)20-12)14-8-5-9-19-10-14/h2-10,16H,11H2,1H3,(H2,20,21,23)/t16-/m0/s1. The lowest BCUT2D eigenvalue weighted by atomic mass is 9.97. The topological polar surface area (TPSA) is 80.3 Å². The second-order valence-electron chi connectivity index (χ2n) is 5.42. The van der Waals surface area contributed by atoms with Gasteiger partial charge in [0.25, 0.3) is 0 Å². The number of ether oxygens (including phenoxy) is 1. The Labute approximate surface area is 139 Å². The number of nitrogens with zero attached hydrogens (tertiary/aromatic N) is 1. The van der Waals surface area contributed by atoms with Crippen LogP contribution in [0.5, 0.6) is 0 Å². The minimum Gasteiger partial charge on any atom is -0.457 e. The van der Waals surface area contributed by atoms with Crippen LogP contribution in [0.25, 0.3) is 0 Å². The number of rotatable bonds is 4. The quantitative estimate of drug-likeness (QED) is 0.847. The van der Waals surface area contributed by atoms with Gasteiger partial charge >= 0.3 is 12.0 Å². The maximum atomic E-state index is 12.6. The second-order valence-corrected chi connectivity index (χ2v) is 5.42. The molecule has 24 heavy (non-hydrogen) atoms. The fraction of sp³-hybridized carbons (Fsp3) is 0.167. The van der Waals surface area contributed by atoms with E-state index >= 15 is 0 Å². The van der Waals surface area contributed by atoms with Crippen LogP contribution in [0.1, 0.15) is 24.1 Å². The van der Waals surface area contributed by atoms with Crippen molar-refractivity contribution in [3.63, 3.8) is 0 Å². The Morgan fingerprint density at radius 2 is 2.00 bits per heavy atom. The minimum absolute atomic E-state index is 0.171. The van der Waals surface area contributed by atoms with Gasteiger partial charge in [-0.3, -0.25) is 4.98 Å². The third kappa shape index (κ3) is 3.43. The molecule has 1 aromatic heterocycles. The number of allylic oxidation sites excluding steroid dienone is 1. The number of urea groups is 1. The summed E-state index contributed by atoms with van der Waals surface area (Å²) in [6.07, 6.45) is 3.25.